The van der Waals surface area contributed by atoms with E-state index < -0.39 is 5.97 Å². The first-order valence-electron chi connectivity index (χ1n) is 7.17. The van der Waals surface area contributed by atoms with Crippen LogP contribution in [0.3, 0.4) is 0 Å². The van der Waals surface area contributed by atoms with Crippen LogP contribution in [0.25, 0.3) is 0 Å². The fourth-order valence-corrected chi connectivity index (χ4v) is 3.11. The molecule has 0 amide bonds. The number of hydrogen-bond acceptors (Lipinski definition) is 2. The van der Waals surface area contributed by atoms with E-state index in [1.54, 1.807) is 18.2 Å². The third-order valence-electron chi connectivity index (χ3n) is 4.22. The Morgan fingerprint density at radius 1 is 1.35 bits per heavy atom. The molecular formula is C16H21FO3. The van der Waals surface area contributed by atoms with Crippen molar-refractivity contribution in [2.24, 2.45) is 11.8 Å². The van der Waals surface area contributed by atoms with Crippen molar-refractivity contribution < 1.29 is 19.0 Å². The molecule has 0 bridgehead atoms. The van der Waals surface area contributed by atoms with Gasteiger partial charge >= 0.3 is 5.97 Å². The molecule has 1 aromatic carbocycles. The Kier molecular flexibility index (Phi) is 4.99. The van der Waals surface area contributed by atoms with E-state index in [0.717, 1.165) is 25.7 Å². The lowest BCUT2D eigenvalue weighted by atomic mass is 9.83. The van der Waals surface area contributed by atoms with Crippen LogP contribution in [0, 0.1) is 17.7 Å². The zero-order valence-electron chi connectivity index (χ0n) is 11.8. The van der Waals surface area contributed by atoms with Gasteiger partial charge in [-0.2, -0.15) is 0 Å². The quantitative estimate of drug-likeness (QED) is 0.856. The van der Waals surface area contributed by atoms with Gasteiger partial charge in [0.2, 0.25) is 0 Å². The minimum absolute atomic E-state index is 0.0107. The van der Waals surface area contributed by atoms with E-state index in [1.165, 1.54) is 7.11 Å². The summed E-state index contributed by atoms with van der Waals surface area (Å²) < 4.78 is 19.2. The Morgan fingerprint density at radius 2 is 2.10 bits per heavy atom. The van der Waals surface area contributed by atoms with Crippen LogP contribution >= 0.6 is 0 Å². The topological polar surface area (TPSA) is 46.5 Å². The van der Waals surface area contributed by atoms with Gasteiger partial charge in [0.1, 0.15) is 0 Å². The fourth-order valence-electron chi connectivity index (χ4n) is 3.11. The molecule has 3 nitrogen and oxygen atoms in total. The third kappa shape index (κ3) is 3.30. The van der Waals surface area contributed by atoms with Gasteiger partial charge in [0.05, 0.1) is 13.0 Å². The molecule has 110 valence electrons. The van der Waals surface area contributed by atoms with E-state index in [-0.39, 0.29) is 23.4 Å². The number of methoxy groups -OCH3 is 1. The summed E-state index contributed by atoms with van der Waals surface area (Å²) in [7, 11) is 1.44. The lowest BCUT2D eigenvalue weighted by Gasteiger charge is -2.22. The van der Waals surface area contributed by atoms with Gasteiger partial charge in [0.15, 0.2) is 11.6 Å². The molecule has 1 aliphatic carbocycles. The molecule has 2 unspecified atom stereocenters. The minimum Gasteiger partial charge on any atom is -0.494 e. The second-order valence-electron chi connectivity index (χ2n) is 5.48. The van der Waals surface area contributed by atoms with Crippen molar-refractivity contribution >= 4 is 5.97 Å². The normalized spacial score (nSPS) is 23.1. The van der Waals surface area contributed by atoms with E-state index in [2.05, 4.69) is 0 Å². The molecule has 2 rings (SSSR count). The van der Waals surface area contributed by atoms with Crippen molar-refractivity contribution in [2.45, 2.75) is 38.5 Å². The van der Waals surface area contributed by atoms with E-state index in [0.29, 0.717) is 18.4 Å². The average Bonchev–Trinajstić information content (AvgIpc) is 2.66. The summed E-state index contributed by atoms with van der Waals surface area (Å²) in [4.78, 5) is 11.4. The maximum atomic E-state index is 14.2. The first kappa shape index (κ1) is 14.8. The molecule has 0 saturated heterocycles. The molecule has 0 aromatic heterocycles. The van der Waals surface area contributed by atoms with Gasteiger partial charge in [-0.15, -0.1) is 0 Å². The maximum Gasteiger partial charge on any atom is 0.306 e. The predicted molar refractivity (Wildman–Crippen MR) is 74.4 cm³/mol. The second-order valence-corrected chi connectivity index (χ2v) is 5.48. The van der Waals surface area contributed by atoms with Crippen molar-refractivity contribution in [3.8, 4) is 5.75 Å². The summed E-state index contributed by atoms with van der Waals surface area (Å²) in [5.74, 6) is -1.23. The molecule has 20 heavy (non-hydrogen) atoms. The summed E-state index contributed by atoms with van der Waals surface area (Å²) in [5.41, 5.74) is 0.558. The molecule has 1 N–H and O–H groups in total. The van der Waals surface area contributed by atoms with E-state index in [1.807, 2.05) is 0 Å². The summed E-state index contributed by atoms with van der Waals surface area (Å²) in [5, 5.41) is 9.36. The zero-order chi connectivity index (χ0) is 14.5. The Labute approximate surface area is 118 Å². The standard InChI is InChI=1S/C16H21FO3/c1-20-14-9-5-7-12(15(14)17)10-11-6-3-2-4-8-13(11)16(18)19/h5,7,9,11,13H,2-4,6,8,10H2,1H3,(H,18,19). The van der Waals surface area contributed by atoms with Crippen molar-refractivity contribution in [1.29, 1.82) is 0 Å². The Balaban J connectivity index is 2.19. The molecule has 0 heterocycles. The minimum atomic E-state index is -0.750. The highest BCUT2D eigenvalue weighted by atomic mass is 19.1. The summed E-state index contributed by atoms with van der Waals surface area (Å²) in [6, 6.07) is 5.06. The SMILES string of the molecule is COc1cccc(CC2CCCCCC2C(=O)O)c1F. The van der Waals surface area contributed by atoms with E-state index >= 15 is 0 Å². The number of halogens is 1. The monoisotopic (exact) mass is 280 g/mol. The fraction of sp³-hybridized carbons (Fsp3) is 0.562. The first-order valence-corrected chi connectivity index (χ1v) is 7.17. The number of carboxylic acid groups (broad SMARTS) is 1. The van der Waals surface area contributed by atoms with Gasteiger partial charge in [-0.3, -0.25) is 4.79 Å². The largest absolute Gasteiger partial charge is 0.494 e. The Morgan fingerprint density at radius 3 is 2.80 bits per heavy atom. The van der Waals surface area contributed by atoms with Gasteiger partial charge in [-0.1, -0.05) is 31.4 Å². The lowest BCUT2D eigenvalue weighted by molar-refractivity contribution is -0.143. The smallest absolute Gasteiger partial charge is 0.306 e. The number of hydrogen-bond donors (Lipinski definition) is 1. The summed E-state index contributed by atoms with van der Waals surface area (Å²) in [6.45, 7) is 0. The highest BCUT2D eigenvalue weighted by molar-refractivity contribution is 5.70. The molecule has 0 radical (unpaired) electrons. The number of benzene rings is 1. The highest BCUT2D eigenvalue weighted by Gasteiger charge is 2.30. The number of ether oxygens (including phenoxy) is 1. The number of aliphatic carboxylic acids is 1. The Bertz CT molecular complexity index is 473. The maximum absolute atomic E-state index is 14.2. The Hall–Kier alpha value is -1.58. The van der Waals surface area contributed by atoms with Gasteiger partial charge < -0.3 is 9.84 Å². The van der Waals surface area contributed by atoms with Gasteiger partial charge in [-0.05, 0) is 36.8 Å². The average molecular weight is 280 g/mol. The van der Waals surface area contributed by atoms with E-state index in [4.69, 9.17) is 4.74 Å². The molecule has 2 atom stereocenters. The number of carboxylic acids is 1. The molecule has 1 fully saturated rings. The van der Waals surface area contributed by atoms with Crippen molar-refractivity contribution in [2.75, 3.05) is 7.11 Å². The van der Waals surface area contributed by atoms with E-state index in [9.17, 15) is 14.3 Å². The van der Waals surface area contributed by atoms with Crippen LogP contribution in [0.4, 0.5) is 4.39 Å². The van der Waals surface area contributed by atoms with Gasteiger partial charge in [0, 0.05) is 0 Å². The van der Waals surface area contributed by atoms with Crippen LogP contribution < -0.4 is 4.74 Å². The molecule has 0 spiro atoms. The predicted octanol–water partition coefficient (Wildman–Crippen LogP) is 3.66. The van der Waals surface area contributed by atoms with Crippen LogP contribution in [0.2, 0.25) is 0 Å². The third-order valence-corrected chi connectivity index (χ3v) is 4.22. The molecule has 4 heteroatoms. The zero-order valence-corrected chi connectivity index (χ0v) is 11.8. The molecule has 1 aromatic rings. The lowest BCUT2D eigenvalue weighted by Crippen LogP contribution is -2.24. The highest BCUT2D eigenvalue weighted by Crippen LogP contribution is 2.33. The van der Waals surface area contributed by atoms with Gasteiger partial charge in [-0.25, -0.2) is 4.39 Å². The summed E-state index contributed by atoms with van der Waals surface area (Å²) >= 11 is 0. The second kappa shape index (κ2) is 6.73. The van der Waals surface area contributed by atoms with Crippen LogP contribution in [0.15, 0.2) is 18.2 Å². The van der Waals surface area contributed by atoms with Crippen LogP contribution in [0.1, 0.15) is 37.7 Å². The first-order chi connectivity index (χ1) is 9.63. The molecule has 0 aliphatic heterocycles. The van der Waals surface area contributed by atoms with Crippen LogP contribution in [0.5, 0.6) is 5.75 Å². The number of carbonyl (C=O) groups is 1. The number of rotatable bonds is 4. The van der Waals surface area contributed by atoms with Crippen molar-refractivity contribution in [1.82, 2.24) is 0 Å². The van der Waals surface area contributed by atoms with Gasteiger partial charge in [0.25, 0.3) is 0 Å². The van der Waals surface area contributed by atoms with Crippen LogP contribution in [-0.2, 0) is 11.2 Å². The molecular weight excluding hydrogens is 259 g/mol. The molecule has 1 saturated carbocycles. The van der Waals surface area contributed by atoms with Crippen molar-refractivity contribution in [3.05, 3.63) is 29.6 Å². The molecule has 1 aliphatic rings. The van der Waals surface area contributed by atoms with Crippen molar-refractivity contribution in [3.63, 3.8) is 0 Å². The van der Waals surface area contributed by atoms with Crippen LogP contribution in [-0.4, -0.2) is 18.2 Å². The summed E-state index contributed by atoms with van der Waals surface area (Å²) in [6.07, 6.45) is 5.08.